The number of halogens is 4. The molecule has 0 aliphatic carbocycles. The average Bonchev–Trinajstić information content (AvgIpc) is 2.19. The second-order valence-electron chi connectivity index (χ2n) is 4.61. The minimum Gasteiger partial charge on any atom is -0.314 e. The van der Waals surface area contributed by atoms with Gasteiger partial charge in [0.05, 0.1) is 5.56 Å². The van der Waals surface area contributed by atoms with Crippen LogP contribution in [0.3, 0.4) is 0 Å². The first-order chi connectivity index (χ1) is 7.65. The van der Waals surface area contributed by atoms with Crippen molar-refractivity contribution in [3.8, 4) is 0 Å². The van der Waals surface area contributed by atoms with E-state index in [1.807, 2.05) is 0 Å². The van der Waals surface area contributed by atoms with E-state index in [0.717, 1.165) is 6.07 Å². The van der Waals surface area contributed by atoms with Crippen molar-refractivity contribution in [2.24, 2.45) is 0 Å². The third kappa shape index (κ3) is 3.70. The molecule has 0 saturated carbocycles. The maximum Gasteiger partial charge on any atom is 0.416 e. The molecule has 1 N–H and O–H groups in total. The third-order valence-corrected chi connectivity index (χ3v) is 2.69. The van der Waals surface area contributed by atoms with E-state index in [2.05, 4.69) is 5.32 Å². The molecule has 0 fully saturated rings. The third-order valence-electron chi connectivity index (χ3n) is 2.69. The first-order valence-electron chi connectivity index (χ1n) is 5.20. The number of hydrogen-bond donors (Lipinski definition) is 1. The standard InChI is InChI=1S/C12H15F4N/c1-11(2,17-3)7-8-4-5-9(13)6-10(8)12(14,15)16/h4-6,17H,7H2,1-3H3. The van der Waals surface area contributed by atoms with E-state index in [9.17, 15) is 17.6 Å². The molecule has 17 heavy (non-hydrogen) atoms. The van der Waals surface area contributed by atoms with Crippen LogP contribution >= 0.6 is 0 Å². The fourth-order valence-electron chi connectivity index (χ4n) is 1.53. The molecule has 1 rings (SSSR count). The van der Waals surface area contributed by atoms with E-state index in [-0.39, 0.29) is 12.0 Å². The Balaban J connectivity index is 3.16. The molecule has 96 valence electrons. The summed E-state index contributed by atoms with van der Waals surface area (Å²) < 4.78 is 51.0. The van der Waals surface area contributed by atoms with Crippen LogP contribution in [0.4, 0.5) is 17.6 Å². The highest BCUT2D eigenvalue weighted by Crippen LogP contribution is 2.33. The maximum atomic E-state index is 12.9. The Kier molecular flexibility index (Phi) is 3.81. The summed E-state index contributed by atoms with van der Waals surface area (Å²) in [5.41, 5.74) is -1.28. The van der Waals surface area contributed by atoms with Crippen LogP contribution < -0.4 is 5.32 Å². The van der Waals surface area contributed by atoms with Crippen LogP contribution in [0.2, 0.25) is 0 Å². The molecule has 1 aromatic rings. The van der Waals surface area contributed by atoms with Crippen molar-refractivity contribution in [3.63, 3.8) is 0 Å². The molecule has 0 heterocycles. The van der Waals surface area contributed by atoms with Crippen LogP contribution in [0.1, 0.15) is 25.0 Å². The molecule has 0 aromatic heterocycles. The number of nitrogens with one attached hydrogen (secondary N) is 1. The lowest BCUT2D eigenvalue weighted by Gasteiger charge is -2.25. The van der Waals surface area contributed by atoms with E-state index in [1.54, 1.807) is 20.9 Å². The summed E-state index contributed by atoms with van der Waals surface area (Å²) in [6, 6.07) is 2.79. The molecule has 5 heteroatoms. The number of rotatable bonds is 3. The van der Waals surface area contributed by atoms with Gasteiger partial charge in [-0.2, -0.15) is 13.2 Å². The Hall–Kier alpha value is -1.10. The molecule has 0 aliphatic rings. The molecule has 0 bridgehead atoms. The van der Waals surface area contributed by atoms with E-state index < -0.39 is 23.1 Å². The highest BCUT2D eigenvalue weighted by Gasteiger charge is 2.34. The zero-order valence-corrected chi connectivity index (χ0v) is 9.95. The Morgan fingerprint density at radius 2 is 1.76 bits per heavy atom. The van der Waals surface area contributed by atoms with Crippen molar-refractivity contribution in [1.82, 2.24) is 5.32 Å². The van der Waals surface area contributed by atoms with Crippen LogP contribution in [0, 0.1) is 5.82 Å². The Morgan fingerprint density at radius 1 is 1.18 bits per heavy atom. The summed E-state index contributed by atoms with van der Waals surface area (Å²) in [6.45, 7) is 3.58. The van der Waals surface area contributed by atoms with Gasteiger partial charge in [-0.15, -0.1) is 0 Å². The molecule has 0 unspecified atom stereocenters. The highest BCUT2D eigenvalue weighted by molar-refractivity contribution is 5.31. The second kappa shape index (κ2) is 4.64. The van der Waals surface area contributed by atoms with Gasteiger partial charge in [-0.3, -0.25) is 0 Å². The first kappa shape index (κ1) is 14.0. The molecule has 1 aromatic carbocycles. The van der Waals surface area contributed by atoms with Gasteiger partial charge < -0.3 is 5.32 Å². The molecule has 0 aliphatic heterocycles. The molecule has 0 saturated heterocycles. The number of likely N-dealkylation sites (N-methyl/N-ethyl adjacent to an activating group) is 1. The molecule has 0 radical (unpaired) electrons. The van der Waals surface area contributed by atoms with Crippen molar-refractivity contribution < 1.29 is 17.6 Å². The summed E-state index contributed by atoms with van der Waals surface area (Å²) in [4.78, 5) is 0. The summed E-state index contributed by atoms with van der Waals surface area (Å²) in [7, 11) is 1.68. The van der Waals surface area contributed by atoms with Gasteiger partial charge >= 0.3 is 6.18 Å². The van der Waals surface area contributed by atoms with Gasteiger partial charge in [0, 0.05) is 5.54 Å². The van der Waals surface area contributed by atoms with E-state index in [4.69, 9.17) is 0 Å². The summed E-state index contributed by atoms with van der Waals surface area (Å²) in [5, 5.41) is 2.92. The molecule has 0 atom stereocenters. The van der Waals surface area contributed by atoms with Crippen molar-refractivity contribution in [2.45, 2.75) is 32.0 Å². The first-order valence-corrected chi connectivity index (χ1v) is 5.20. The lowest BCUT2D eigenvalue weighted by Crippen LogP contribution is -2.38. The van der Waals surface area contributed by atoms with Crippen LogP contribution in [-0.2, 0) is 12.6 Å². The van der Waals surface area contributed by atoms with Crippen molar-refractivity contribution in [2.75, 3.05) is 7.05 Å². The average molecular weight is 249 g/mol. The van der Waals surface area contributed by atoms with Gasteiger partial charge in [-0.05, 0) is 45.0 Å². The molecule has 0 spiro atoms. The zero-order valence-electron chi connectivity index (χ0n) is 9.95. The number of hydrogen-bond acceptors (Lipinski definition) is 1. The smallest absolute Gasteiger partial charge is 0.314 e. The predicted molar refractivity (Wildman–Crippen MR) is 58.2 cm³/mol. The largest absolute Gasteiger partial charge is 0.416 e. The minimum atomic E-state index is -4.53. The van der Waals surface area contributed by atoms with Gasteiger partial charge in [0.1, 0.15) is 5.82 Å². The normalized spacial score (nSPS) is 12.9. The fourth-order valence-corrected chi connectivity index (χ4v) is 1.53. The molecule has 0 amide bonds. The van der Waals surface area contributed by atoms with Crippen molar-refractivity contribution in [1.29, 1.82) is 0 Å². The van der Waals surface area contributed by atoms with E-state index in [0.29, 0.717) is 6.07 Å². The van der Waals surface area contributed by atoms with Crippen LogP contribution in [-0.4, -0.2) is 12.6 Å². The number of alkyl halides is 3. The van der Waals surface area contributed by atoms with Gasteiger partial charge in [0.25, 0.3) is 0 Å². The van der Waals surface area contributed by atoms with E-state index in [1.165, 1.54) is 6.07 Å². The monoisotopic (exact) mass is 249 g/mol. The molecule has 1 nitrogen and oxygen atoms in total. The van der Waals surface area contributed by atoms with Gasteiger partial charge in [0.15, 0.2) is 0 Å². The van der Waals surface area contributed by atoms with Gasteiger partial charge in [0.2, 0.25) is 0 Å². The summed E-state index contributed by atoms with van der Waals surface area (Å²) >= 11 is 0. The molecular weight excluding hydrogens is 234 g/mol. The van der Waals surface area contributed by atoms with Crippen LogP contribution in [0.5, 0.6) is 0 Å². The van der Waals surface area contributed by atoms with E-state index >= 15 is 0 Å². The highest BCUT2D eigenvalue weighted by atomic mass is 19.4. The lowest BCUT2D eigenvalue weighted by atomic mass is 9.92. The molecular formula is C12H15F4N. The fraction of sp³-hybridized carbons (Fsp3) is 0.500. The lowest BCUT2D eigenvalue weighted by molar-refractivity contribution is -0.138. The predicted octanol–water partition coefficient (Wildman–Crippen LogP) is 3.39. The Labute approximate surface area is 97.8 Å². The quantitative estimate of drug-likeness (QED) is 0.810. The van der Waals surface area contributed by atoms with Crippen molar-refractivity contribution in [3.05, 3.63) is 35.1 Å². The topological polar surface area (TPSA) is 12.0 Å². The second-order valence-corrected chi connectivity index (χ2v) is 4.61. The number of benzene rings is 1. The Bertz CT molecular complexity index is 396. The summed E-state index contributed by atoms with van der Waals surface area (Å²) in [5.74, 6) is -0.872. The van der Waals surface area contributed by atoms with Gasteiger partial charge in [-0.25, -0.2) is 4.39 Å². The van der Waals surface area contributed by atoms with Crippen LogP contribution in [0.25, 0.3) is 0 Å². The minimum absolute atomic E-state index is 0.0956. The Morgan fingerprint density at radius 3 is 2.24 bits per heavy atom. The SMILES string of the molecule is CNC(C)(C)Cc1ccc(F)cc1C(F)(F)F. The van der Waals surface area contributed by atoms with Crippen molar-refractivity contribution >= 4 is 0 Å². The van der Waals surface area contributed by atoms with Gasteiger partial charge in [-0.1, -0.05) is 6.07 Å². The zero-order chi connectivity index (χ0) is 13.3. The summed E-state index contributed by atoms with van der Waals surface area (Å²) in [6.07, 6.45) is -4.35. The maximum absolute atomic E-state index is 12.9. The van der Waals surface area contributed by atoms with Crippen LogP contribution in [0.15, 0.2) is 18.2 Å².